The van der Waals surface area contributed by atoms with Crippen molar-refractivity contribution in [1.29, 1.82) is 0 Å². The van der Waals surface area contributed by atoms with Crippen LogP contribution in [0.5, 0.6) is 0 Å². The summed E-state index contributed by atoms with van der Waals surface area (Å²) in [4.78, 5) is 18.9. The van der Waals surface area contributed by atoms with Gasteiger partial charge in [-0.25, -0.2) is 18.0 Å². The summed E-state index contributed by atoms with van der Waals surface area (Å²) in [5, 5.41) is 6.49. The van der Waals surface area contributed by atoms with Gasteiger partial charge in [-0.05, 0) is 6.92 Å². The highest BCUT2D eigenvalue weighted by Gasteiger charge is 2.32. The average molecular weight is 394 g/mol. The molecule has 0 bridgehead atoms. The van der Waals surface area contributed by atoms with Gasteiger partial charge in [-0.2, -0.15) is 0 Å². The highest BCUT2D eigenvalue weighted by atomic mass is 32.1. The summed E-state index contributed by atoms with van der Waals surface area (Å²) in [6.45, 7) is 2.04. The zero-order valence-electron chi connectivity index (χ0n) is 14.0. The van der Waals surface area contributed by atoms with Crippen LogP contribution in [0.4, 0.5) is 23.7 Å². The first kappa shape index (κ1) is 17.5. The summed E-state index contributed by atoms with van der Waals surface area (Å²) in [6.07, 6.45) is 2.12. The molecular weight excluding hydrogens is 381 g/mol. The molecule has 0 saturated carbocycles. The van der Waals surface area contributed by atoms with E-state index in [-0.39, 0.29) is 18.3 Å². The second kappa shape index (κ2) is 6.69. The predicted octanol–water partition coefficient (Wildman–Crippen LogP) is 4.19. The van der Waals surface area contributed by atoms with Crippen LogP contribution >= 0.6 is 11.3 Å². The maximum atomic E-state index is 13.4. The average Bonchev–Trinajstić information content (AvgIpc) is 3.27. The third-order valence-corrected chi connectivity index (χ3v) is 5.14. The largest absolute Gasteiger partial charge is 0.355 e. The molecule has 1 aliphatic heterocycles. The molecule has 4 rings (SSSR count). The Morgan fingerprint density at radius 1 is 1.33 bits per heavy atom. The number of aromatic nitrogens is 2. The summed E-state index contributed by atoms with van der Waals surface area (Å²) in [5.74, 6) is -3.77. The second-order valence-corrected chi connectivity index (χ2v) is 7.05. The van der Waals surface area contributed by atoms with Crippen LogP contribution in [0.3, 0.4) is 0 Å². The van der Waals surface area contributed by atoms with Gasteiger partial charge >= 0.3 is 6.03 Å². The van der Waals surface area contributed by atoms with Crippen molar-refractivity contribution in [2.75, 3.05) is 5.32 Å². The maximum absolute atomic E-state index is 13.4. The highest BCUT2D eigenvalue weighted by Crippen LogP contribution is 2.34. The van der Waals surface area contributed by atoms with E-state index in [1.165, 1.54) is 16.2 Å². The standard InChI is InChI=1S/C17H13F3N4O2S/c1-8-2-13-10(16(26-23-13)14-5-21-7-27-14)6-24(8)17(25)22-9-3-11(18)15(20)12(19)4-9/h3-5,7-8H,2,6H2,1H3,(H,22,25). The van der Waals surface area contributed by atoms with Crippen molar-refractivity contribution in [3.8, 4) is 10.6 Å². The number of hydrogen-bond acceptors (Lipinski definition) is 5. The molecule has 2 amide bonds. The number of benzene rings is 1. The summed E-state index contributed by atoms with van der Waals surface area (Å²) in [5.41, 5.74) is 3.03. The molecule has 1 atom stereocenters. The fraction of sp³-hybridized carbons (Fsp3) is 0.235. The van der Waals surface area contributed by atoms with Crippen molar-refractivity contribution in [3.05, 3.63) is 52.5 Å². The quantitative estimate of drug-likeness (QED) is 0.662. The van der Waals surface area contributed by atoms with E-state index >= 15 is 0 Å². The second-order valence-electron chi connectivity index (χ2n) is 6.17. The predicted molar refractivity (Wildman–Crippen MR) is 91.7 cm³/mol. The first-order valence-electron chi connectivity index (χ1n) is 8.02. The van der Waals surface area contributed by atoms with Crippen molar-refractivity contribution in [3.63, 3.8) is 0 Å². The molecule has 27 heavy (non-hydrogen) atoms. The lowest BCUT2D eigenvalue weighted by Gasteiger charge is -2.32. The van der Waals surface area contributed by atoms with Crippen LogP contribution in [0.25, 0.3) is 10.6 Å². The van der Waals surface area contributed by atoms with Gasteiger partial charge in [-0.1, -0.05) is 5.16 Å². The monoisotopic (exact) mass is 394 g/mol. The molecule has 140 valence electrons. The van der Waals surface area contributed by atoms with Gasteiger partial charge in [0, 0.05) is 42.0 Å². The van der Waals surface area contributed by atoms with Crippen LogP contribution in [-0.2, 0) is 13.0 Å². The van der Waals surface area contributed by atoms with E-state index in [4.69, 9.17) is 4.52 Å². The minimum absolute atomic E-state index is 0.164. The first-order valence-corrected chi connectivity index (χ1v) is 8.90. The molecule has 10 heteroatoms. The van der Waals surface area contributed by atoms with E-state index in [0.29, 0.717) is 12.2 Å². The fourth-order valence-electron chi connectivity index (χ4n) is 3.00. The molecular formula is C17H13F3N4O2S. The van der Waals surface area contributed by atoms with Crippen LogP contribution in [-0.4, -0.2) is 27.1 Å². The van der Waals surface area contributed by atoms with E-state index in [2.05, 4.69) is 15.5 Å². The number of rotatable bonds is 2. The van der Waals surface area contributed by atoms with Crippen molar-refractivity contribution >= 4 is 23.1 Å². The molecule has 1 aromatic carbocycles. The number of hydrogen-bond donors (Lipinski definition) is 1. The van der Waals surface area contributed by atoms with Gasteiger partial charge in [-0.3, -0.25) is 4.98 Å². The van der Waals surface area contributed by atoms with E-state index in [1.807, 2.05) is 6.92 Å². The van der Waals surface area contributed by atoms with E-state index in [1.54, 1.807) is 11.7 Å². The van der Waals surface area contributed by atoms with Crippen LogP contribution in [0, 0.1) is 17.5 Å². The first-order chi connectivity index (χ1) is 12.9. The minimum atomic E-state index is -1.58. The molecule has 0 spiro atoms. The van der Waals surface area contributed by atoms with Crippen LogP contribution in [0.2, 0.25) is 0 Å². The molecule has 1 unspecified atom stereocenters. The minimum Gasteiger partial charge on any atom is -0.355 e. The number of nitrogens with zero attached hydrogens (tertiary/aromatic N) is 3. The molecule has 0 radical (unpaired) electrons. The van der Waals surface area contributed by atoms with Gasteiger partial charge < -0.3 is 14.7 Å². The number of nitrogens with one attached hydrogen (secondary N) is 1. The van der Waals surface area contributed by atoms with Crippen molar-refractivity contribution in [2.45, 2.75) is 25.9 Å². The third-order valence-electron chi connectivity index (χ3n) is 4.37. The molecule has 0 saturated heterocycles. The number of urea groups is 1. The molecule has 2 aromatic heterocycles. The van der Waals surface area contributed by atoms with Crippen LogP contribution < -0.4 is 5.32 Å². The highest BCUT2D eigenvalue weighted by molar-refractivity contribution is 7.13. The van der Waals surface area contributed by atoms with Gasteiger partial charge in [0.1, 0.15) is 0 Å². The Morgan fingerprint density at radius 2 is 2.07 bits per heavy atom. The van der Waals surface area contributed by atoms with Gasteiger partial charge in [0.05, 0.1) is 22.6 Å². The van der Waals surface area contributed by atoms with Crippen molar-refractivity contribution in [1.82, 2.24) is 15.0 Å². The molecule has 0 aliphatic carbocycles. The van der Waals surface area contributed by atoms with Crippen LogP contribution in [0.1, 0.15) is 18.2 Å². The number of halogens is 3. The van der Waals surface area contributed by atoms with Gasteiger partial charge in [0.15, 0.2) is 23.2 Å². The molecule has 0 fully saturated rings. The normalized spacial score (nSPS) is 16.3. The number of fused-ring (bicyclic) bond motifs is 1. The number of carbonyl (C=O) groups is 1. The van der Waals surface area contributed by atoms with Crippen molar-refractivity contribution in [2.24, 2.45) is 0 Å². The lowest BCUT2D eigenvalue weighted by molar-refractivity contribution is 0.182. The Kier molecular flexibility index (Phi) is 4.34. The Morgan fingerprint density at radius 3 is 2.74 bits per heavy atom. The lowest BCUT2D eigenvalue weighted by atomic mass is 10.00. The summed E-state index contributed by atoms with van der Waals surface area (Å²) in [7, 11) is 0. The van der Waals surface area contributed by atoms with E-state index < -0.39 is 23.5 Å². The smallest absolute Gasteiger partial charge is 0.322 e. The number of amides is 2. The number of carbonyl (C=O) groups excluding carboxylic acids is 1. The zero-order chi connectivity index (χ0) is 19.1. The molecule has 1 N–H and O–H groups in total. The number of anilines is 1. The van der Waals surface area contributed by atoms with Gasteiger partial charge in [0.25, 0.3) is 0 Å². The van der Waals surface area contributed by atoms with Crippen molar-refractivity contribution < 1.29 is 22.5 Å². The Balaban J connectivity index is 1.58. The fourth-order valence-corrected chi connectivity index (χ4v) is 3.62. The Hall–Kier alpha value is -2.88. The molecule has 3 aromatic rings. The van der Waals surface area contributed by atoms with E-state index in [0.717, 1.165) is 28.3 Å². The summed E-state index contributed by atoms with van der Waals surface area (Å²) >= 11 is 1.39. The molecule has 3 heterocycles. The molecule has 1 aliphatic rings. The van der Waals surface area contributed by atoms with Gasteiger partial charge in [-0.15, -0.1) is 11.3 Å². The topological polar surface area (TPSA) is 71.3 Å². The lowest BCUT2D eigenvalue weighted by Crippen LogP contribution is -2.44. The molecule has 6 nitrogen and oxygen atoms in total. The van der Waals surface area contributed by atoms with Crippen LogP contribution in [0.15, 0.2) is 28.4 Å². The zero-order valence-corrected chi connectivity index (χ0v) is 14.8. The third kappa shape index (κ3) is 3.16. The SMILES string of the molecule is CC1Cc2noc(-c3cncs3)c2CN1C(=O)Nc1cc(F)c(F)c(F)c1. The number of thiazole rings is 1. The van der Waals surface area contributed by atoms with E-state index in [9.17, 15) is 18.0 Å². The van der Waals surface area contributed by atoms with Gasteiger partial charge in [0.2, 0.25) is 0 Å². The Labute approximate surface area is 155 Å². The summed E-state index contributed by atoms with van der Waals surface area (Å²) < 4.78 is 45.2. The summed E-state index contributed by atoms with van der Waals surface area (Å²) in [6, 6.07) is 0.693. The Bertz CT molecular complexity index is 983. The maximum Gasteiger partial charge on any atom is 0.322 e.